The van der Waals surface area contributed by atoms with E-state index in [0.717, 1.165) is 41.3 Å². The predicted molar refractivity (Wildman–Crippen MR) is 313 cm³/mol. The van der Waals surface area contributed by atoms with Gasteiger partial charge < -0.3 is 49.8 Å². The van der Waals surface area contributed by atoms with Crippen LogP contribution < -0.4 is 36.8 Å². The number of imidazole rings is 2. The Balaban J connectivity index is 0.683. The van der Waals surface area contributed by atoms with Gasteiger partial charge in [-0.3, -0.25) is 32.6 Å². The number of hydrogen-bond acceptors (Lipinski definition) is 23. The average Bonchev–Trinajstić information content (AvgIpc) is 2.70. The first-order valence-electron chi connectivity index (χ1n) is 27.2. The van der Waals surface area contributed by atoms with E-state index in [1.54, 1.807) is 48.5 Å². The molecule has 3 fully saturated rings. The van der Waals surface area contributed by atoms with E-state index in [1.807, 2.05) is 65.4 Å². The number of nitrogens with one attached hydrogen (secondary N) is 2. The Bertz CT molecular complexity index is 4040. The van der Waals surface area contributed by atoms with Gasteiger partial charge in [0.05, 0.1) is 67.3 Å². The third-order valence-corrected chi connectivity index (χ3v) is 20.0. The van der Waals surface area contributed by atoms with Gasteiger partial charge in [-0.1, -0.05) is 61.5 Å². The van der Waals surface area contributed by atoms with Crippen molar-refractivity contribution in [1.29, 1.82) is 0 Å². The molecule has 10 atom stereocenters. The Morgan fingerprint density at radius 2 is 1.44 bits per heavy atom. The molecule has 0 bridgehead atoms. The number of carbonyl (C=O) groups is 2. The number of para-hydroxylation sites is 1. The van der Waals surface area contributed by atoms with Gasteiger partial charge in [0.1, 0.15) is 59.9 Å². The number of esters is 1. The quantitative estimate of drug-likeness (QED) is 0.0406. The minimum absolute atomic E-state index is 0.0124. The van der Waals surface area contributed by atoms with Crippen molar-refractivity contribution < 1.29 is 64.5 Å². The molecule has 0 radical (unpaired) electrons. The molecule has 1 amide bonds. The normalized spacial score (nSPS) is 26.5. The molecule has 9 heterocycles. The molecule has 13 rings (SSSR count). The van der Waals surface area contributed by atoms with Gasteiger partial charge in [-0.2, -0.15) is 0 Å². The molecule has 0 aliphatic carbocycles. The third kappa shape index (κ3) is 11.1. The number of pyridine rings is 1. The molecule has 6 N–H and O–H groups in total. The first-order chi connectivity index (χ1) is 41.6. The molecule has 0 spiro atoms. The standard InChI is InChI=1S/C55H54BF2N13O12P2S/c1-2-41(72)68-23-32-7-3-4-8-35(32)44-47(36-9-5-6-10-38(36)68)71(67-66-44)21-22-76-33-17-13-31(14-18-33)55(73)79-34-15-11-30(12-16-34)26-86-85(75)78-25-40-48(42(57)53(81-40)70-29-65-46-50(60)62-27-63-52(46)70)82-84(56,74)77-24-39-49(83-85)43(58)54(80-39)69-28-64-45-37(59)19-20-61-51(45)69/h3-20,27-29,39-40,42-43,48-49,53-54,66-67H,2,21-26,56H2,1H3,(H2,59,61)(H2,60,62,63)/t39-,40-,42-,43-,48-,49-,53-,54-,84+,85-/m1/s1. The van der Waals surface area contributed by atoms with Crippen molar-refractivity contribution in [3.8, 4) is 11.5 Å². The van der Waals surface area contributed by atoms with Crippen molar-refractivity contribution in [3.05, 3.63) is 156 Å². The Kier molecular flexibility index (Phi) is 15.6. The summed E-state index contributed by atoms with van der Waals surface area (Å²) in [5.41, 5.74) is 26.0. The highest BCUT2D eigenvalue weighted by molar-refractivity contribution is 8.54. The van der Waals surface area contributed by atoms with Crippen LogP contribution in [0.4, 0.5) is 26.0 Å². The van der Waals surface area contributed by atoms with Gasteiger partial charge in [0, 0.05) is 29.5 Å². The minimum atomic E-state index is -4.57. The van der Waals surface area contributed by atoms with E-state index in [0.29, 0.717) is 42.2 Å². The van der Waals surface area contributed by atoms with Gasteiger partial charge in [0.25, 0.3) is 15.0 Å². The lowest BCUT2D eigenvalue weighted by atomic mass is 9.96. The van der Waals surface area contributed by atoms with Gasteiger partial charge in [-0.05, 0) is 71.0 Å². The molecule has 444 valence electrons. The van der Waals surface area contributed by atoms with Crippen LogP contribution in [0.1, 0.15) is 58.4 Å². The van der Waals surface area contributed by atoms with Gasteiger partial charge in [0.15, 0.2) is 41.9 Å². The summed E-state index contributed by atoms with van der Waals surface area (Å²) in [5.74, 6) is 0.0498. The first-order valence-corrected chi connectivity index (χ1v) is 32.4. The summed E-state index contributed by atoms with van der Waals surface area (Å²) >= 11 is 0.693. The second-order valence-electron chi connectivity index (χ2n) is 20.6. The Morgan fingerprint density at radius 1 is 0.779 bits per heavy atom. The van der Waals surface area contributed by atoms with E-state index in [9.17, 15) is 14.2 Å². The zero-order valence-corrected chi connectivity index (χ0v) is 48.4. The van der Waals surface area contributed by atoms with Crippen LogP contribution in [0, 0.1) is 0 Å². The molecular weight excluding hydrogens is 1180 g/mol. The maximum Gasteiger partial charge on any atom is 0.389 e. The lowest BCUT2D eigenvalue weighted by Gasteiger charge is -2.30. The Hall–Kier alpha value is -7.82. The van der Waals surface area contributed by atoms with Gasteiger partial charge in [-0.25, -0.2) is 43.1 Å². The number of alkyl halides is 2. The average molecular weight is 1230 g/mol. The number of hydrazine groups is 2. The largest absolute Gasteiger partial charge is 0.492 e. The van der Waals surface area contributed by atoms with Crippen LogP contribution in [0.15, 0.2) is 128 Å². The number of nitrogen functional groups attached to an aromatic ring is 2. The molecule has 0 unspecified atom stereocenters. The second-order valence-corrected chi connectivity index (χ2v) is 26.6. The molecular formula is C55H54BF2N13O12P2S. The van der Waals surface area contributed by atoms with Crippen LogP contribution in [0.5, 0.6) is 11.5 Å². The molecule has 4 aromatic heterocycles. The molecule has 3 saturated heterocycles. The molecule has 5 aliphatic rings. The lowest BCUT2D eigenvalue weighted by molar-refractivity contribution is -0.118. The number of rotatable bonds is 12. The molecule has 25 nitrogen and oxygen atoms in total. The number of nitrogens with two attached hydrogens (primary N) is 2. The monoisotopic (exact) mass is 1230 g/mol. The summed E-state index contributed by atoms with van der Waals surface area (Å²) < 4.78 is 114. The van der Waals surface area contributed by atoms with E-state index < -0.39 is 82.7 Å². The van der Waals surface area contributed by atoms with Crippen molar-refractivity contribution in [2.24, 2.45) is 0 Å². The van der Waals surface area contributed by atoms with Crippen molar-refractivity contribution in [3.63, 3.8) is 0 Å². The molecule has 4 aromatic carbocycles. The van der Waals surface area contributed by atoms with Crippen LogP contribution in [0.2, 0.25) is 0 Å². The number of nitrogens with zero attached hydrogens (tertiary/aromatic N) is 9. The summed E-state index contributed by atoms with van der Waals surface area (Å²) in [5, 5.41) is 1.95. The van der Waals surface area contributed by atoms with Gasteiger partial charge in [-0.15, -0.1) is 5.53 Å². The number of anilines is 3. The molecule has 86 heavy (non-hydrogen) atoms. The number of carbonyl (C=O) groups excluding carboxylic acids is 2. The molecule has 8 aromatic rings. The number of benzene rings is 4. The van der Waals surface area contributed by atoms with Crippen molar-refractivity contribution in [2.45, 2.75) is 74.9 Å². The van der Waals surface area contributed by atoms with E-state index in [2.05, 4.69) is 35.9 Å². The van der Waals surface area contributed by atoms with Crippen LogP contribution in [-0.4, -0.2) is 122 Å². The first kappa shape index (κ1) is 57.3. The van der Waals surface area contributed by atoms with Crippen molar-refractivity contribution in [1.82, 2.24) is 50.0 Å². The fourth-order valence-corrected chi connectivity index (χ4v) is 15.4. The topological polar surface area (TPSA) is 299 Å². The Morgan fingerprint density at radius 3 is 2.19 bits per heavy atom. The fourth-order valence-electron chi connectivity index (χ4n) is 10.8. The predicted octanol–water partition coefficient (Wildman–Crippen LogP) is 7.21. The number of hydrogen-bond donors (Lipinski definition) is 4. The van der Waals surface area contributed by atoms with Crippen molar-refractivity contribution >= 4 is 96.0 Å². The number of ether oxygens (including phenoxy) is 4. The Labute approximate surface area is 493 Å². The zero-order chi connectivity index (χ0) is 59.4. The highest BCUT2D eigenvalue weighted by atomic mass is 32.7. The molecule has 31 heteroatoms. The highest BCUT2D eigenvalue weighted by Gasteiger charge is 2.55. The summed E-state index contributed by atoms with van der Waals surface area (Å²) in [4.78, 5) is 49.6. The zero-order valence-electron chi connectivity index (χ0n) is 45.8. The maximum atomic E-state index is 17.1. The van der Waals surface area contributed by atoms with E-state index in [4.69, 9.17) is 48.5 Å². The summed E-state index contributed by atoms with van der Waals surface area (Å²) in [6.45, 7) is -2.94. The number of halogens is 2. The SMILES string of the molecule is B[P@]1(=O)OC[C@H]2O[C@@H](n3cnc4c(N)ccnc43)[C@H](F)[C@@H]2O[P@](=O)(SCc2ccc(OC(=O)c3ccc(OCCN4NNC5=C4c4ccccc4N(C(=O)CC)Cc4ccccc45)cc3)cc2)OC[C@H]2O[C@@H](n3cnc4c(N)ncnc43)[C@H](F)[C@@H]2O1. The van der Waals surface area contributed by atoms with Gasteiger partial charge >= 0.3 is 12.8 Å². The van der Waals surface area contributed by atoms with Gasteiger partial charge in [0.2, 0.25) is 5.91 Å². The van der Waals surface area contributed by atoms with E-state index in [1.165, 1.54) is 40.4 Å². The number of aromatic nitrogens is 7. The number of amides is 1. The van der Waals surface area contributed by atoms with Crippen LogP contribution in [0.25, 0.3) is 33.7 Å². The fraction of sp³-hybridized carbons (Fsp3) is 0.291. The molecule has 0 saturated carbocycles. The lowest BCUT2D eigenvalue weighted by Crippen LogP contribution is -2.40. The van der Waals surface area contributed by atoms with Crippen LogP contribution >= 0.6 is 25.7 Å². The second kappa shape index (κ2) is 23.5. The summed E-state index contributed by atoms with van der Waals surface area (Å²) in [6.07, 6.45) is -7.77. The van der Waals surface area contributed by atoms with Crippen LogP contribution in [-0.2, 0) is 53.8 Å². The van der Waals surface area contributed by atoms with E-state index in [-0.39, 0.29) is 63.4 Å². The smallest absolute Gasteiger partial charge is 0.389 e. The van der Waals surface area contributed by atoms with E-state index >= 15 is 13.3 Å². The minimum Gasteiger partial charge on any atom is -0.492 e. The van der Waals surface area contributed by atoms with Crippen molar-refractivity contribution in [2.75, 3.05) is 42.7 Å². The summed E-state index contributed by atoms with van der Waals surface area (Å²) in [6, 6.07) is 30.2. The van der Waals surface area contributed by atoms with Crippen LogP contribution in [0.3, 0.4) is 0 Å². The number of fused-ring (bicyclic) bond motifs is 8. The maximum absolute atomic E-state index is 17.1. The molecule has 5 aliphatic heterocycles. The third-order valence-electron chi connectivity index (χ3n) is 15.1. The highest BCUT2D eigenvalue weighted by Crippen LogP contribution is 2.65. The summed E-state index contributed by atoms with van der Waals surface area (Å²) in [7, 11) is -3.10.